The first-order valence-electron chi connectivity index (χ1n) is 6.03. The second kappa shape index (κ2) is 4.00. The summed E-state index contributed by atoms with van der Waals surface area (Å²) in [5.41, 5.74) is 0. The Kier molecular flexibility index (Phi) is 2.92. The van der Waals surface area contributed by atoms with Gasteiger partial charge in [0.2, 0.25) is 0 Å². The summed E-state index contributed by atoms with van der Waals surface area (Å²) in [5.74, 6) is 1.91. The molecule has 2 fully saturated rings. The number of hydrogen-bond acceptors (Lipinski definition) is 1. The summed E-state index contributed by atoms with van der Waals surface area (Å²) in [6, 6.07) is 1.61. The van der Waals surface area contributed by atoms with E-state index in [1.165, 1.54) is 38.5 Å². The third kappa shape index (κ3) is 2.07. The monoisotopic (exact) mass is 181 g/mol. The summed E-state index contributed by atoms with van der Waals surface area (Å²) in [6.45, 7) is 4.78. The number of hydrogen-bond donors (Lipinski definition) is 1. The normalized spacial score (nSPS) is 37.4. The Morgan fingerprint density at radius 2 is 1.77 bits per heavy atom. The van der Waals surface area contributed by atoms with Crippen LogP contribution in [0.15, 0.2) is 0 Å². The van der Waals surface area contributed by atoms with Crippen LogP contribution in [0.4, 0.5) is 0 Å². The van der Waals surface area contributed by atoms with Crippen LogP contribution in [-0.2, 0) is 0 Å². The van der Waals surface area contributed by atoms with Gasteiger partial charge in [0, 0.05) is 12.1 Å². The molecule has 13 heavy (non-hydrogen) atoms. The van der Waals surface area contributed by atoms with E-state index in [1.54, 1.807) is 0 Å². The molecule has 0 heterocycles. The second-order valence-electron chi connectivity index (χ2n) is 5.16. The molecule has 1 N–H and O–H groups in total. The van der Waals surface area contributed by atoms with Gasteiger partial charge in [0.1, 0.15) is 0 Å². The highest BCUT2D eigenvalue weighted by molar-refractivity contribution is 4.86. The lowest BCUT2D eigenvalue weighted by Crippen LogP contribution is -2.44. The zero-order chi connectivity index (χ0) is 9.26. The van der Waals surface area contributed by atoms with E-state index in [9.17, 15) is 0 Å². The molecule has 3 unspecified atom stereocenters. The van der Waals surface area contributed by atoms with Crippen LogP contribution in [-0.4, -0.2) is 12.1 Å². The molecule has 2 aliphatic rings. The van der Waals surface area contributed by atoms with Crippen LogP contribution in [0.3, 0.4) is 0 Å². The van der Waals surface area contributed by atoms with E-state index in [0.29, 0.717) is 0 Å². The smallest absolute Gasteiger partial charge is 0.00952 e. The molecule has 0 aromatic heterocycles. The fraction of sp³-hybridized carbons (Fsp3) is 1.00. The first-order valence-corrected chi connectivity index (χ1v) is 6.03. The summed E-state index contributed by atoms with van der Waals surface area (Å²) in [7, 11) is 0. The van der Waals surface area contributed by atoms with Gasteiger partial charge >= 0.3 is 0 Å². The van der Waals surface area contributed by atoms with Gasteiger partial charge in [-0.1, -0.05) is 19.8 Å². The highest BCUT2D eigenvalue weighted by Gasteiger charge is 2.29. The lowest BCUT2D eigenvalue weighted by Gasteiger charge is -2.34. The van der Waals surface area contributed by atoms with Gasteiger partial charge in [-0.15, -0.1) is 0 Å². The Balaban J connectivity index is 1.75. The molecule has 2 aliphatic carbocycles. The van der Waals surface area contributed by atoms with Gasteiger partial charge < -0.3 is 5.32 Å². The van der Waals surface area contributed by atoms with Gasteiger partial charge in [-0.2, -0.15) is 0 Å². The lowest BCUT2D eigenvalue weighted by atomic mass is 9.80. The quantitative estimate of drug-likeness (QED) is 0.706. The molecule has 1 heteroatoms. The summed E-state index contributed by atoms with van der Waals surface area (Å²) in [4.78, 5) is 0. The largest absolute Gasteiger partial charge is 0.311 e. The van der Waals surface area contributed by atoms with Crippen molar-refractivity contribution in [3.05, 3.63) is 0 Å². The lowest BCUT2D eigenvalue weighted by molar-refractivity contribution is 0.217. The van der Waals surface area contributed by atoms with E-state index >= 15 is 0 Å². The van der Waals surface area contributed by atoms with Crippen molar-refractivity contribution in [1.29, 1.82) is 0 Å². The summed E-state index contributed by atoms with van der Waals surface area (Å²) < 4.78 is 0. The fourth-order valence-corrected chi connectivity index (χ4v) is 2.81. The van der Waals surface area contributed by atoms with E-state index in [-0.39, 0.29) is 0 Å². The van der Waals surface area contributed by atoms with Crippen LogP contribution in [0.2, 0.25) is 0 Å². The standard InChI is InChI=1S/C12H23N/c1-9-5-3-8-12(9)13-10(2)11-6-4-7-11/h9-13H,3-8H2,1-2H3. The minimum absolute atomic E-state index is 0.777. The molecule has 0 saturated heterocycles. The summed E-state index contributed by atoms with van der Waals surface area (Å²) >= 11 is 0. The van der Waals surface area contributed by atoms with Crippen molar-refractivity contribution < 1.29 is 0 Å². The molecule has 76 valence electrons. The molecule has 0 radical (unpaired) electrons. The molecular formula is C12H23N. The Morgan fingerprint density at radius 3 is 2.23 bits per heavy atom. The third-order valence-electron chi connectivity index (χ3n) is 4.20. The van der Waals surface area contributed by atoms with Gasteiger partial charge in [-0.25, -0.2) is 0 Å². The van der Waals surface area contributed by atoms with Crippen molar-refractivity contribution >= 4 is 0 Å². The van der Waals surface area contributed by atoms with E-state index < -0.39 is 0 Å². The predicted molar refractivity (Wildman–Crippen MR) is 56.7 cm³/mol. The van der Waals surface area contributed by atoms with Crippen molar-refractivity contribution in [1.82, 2.24) is 5.32 Å². The Morgan fingerprint density at radius 1 is 1.08 bits per heavy atom. The highest BCUT2D eigenvalue weighted by Crippen LogP contribution is 2.31. The maximum atomic E-state index is 3.83. The summed E-state index contributed by atoms with van der Waals surface area (Å²) in [6.07, 6.45) is 8.70. The maximum Gasteiger partial charge on any atom is 0.00952 e. The third-order valence-corrected chi connectivity index (χ3v) is 4.20. The number of rotatable bonds is 3. The molecule has 3 atom stereocenters. The Bertz CT molecular complexity index is 163. The number of nitrogens with one attached hydrogen (secondary N) is 1. The first-order chi connectivity index (χ1) is 6.27. The Labute approximate surface area is 82.3 Å². The zero-order valence-corrected chi connectivity index (χ0v) is 9.05. The zero-order valence-electron chi connectivity index (χ0n) is 9.05. The first kappa shape index (κ1) is 9.51. The van der Waals surface area contributed by atoms with Crippen molar-refractivity contribution in [2.45, 2.75) is 64.5 Å². The average molecular weight is 181 g/mol. The van der Waals surface area contributed by atoms with E-state index in [1.807, 2.05) is 0 Å². The van der Waals surface area contributed by atoms with Crippen LogP contribution in [0.1, 0.15) is 52.4 Å². The Hall–Kier alpha value is -0.0400. The van der Waals surface area contributed by atoms with Crippen molar-refractivity contribution in [3.63, 3.8) is 0 Å². The van der Waals surface area contributed by atoms with Crippen LogP contribution in [0.25, 0.3) is 0 Å². The minimum atomic E-state index is 0.777. The topological polar surface area (TPSA) is 12.0 Å². The molecule has 0 aromatic carbocycles. The van der Waals surface area contributed by atoms with Crippen LogP contribution in [0, 0.1) is 11.8 Å². The molecule has 0 aliphatic heterocycles. The minimum Gasteiger partial charge on any atom is -0.311 e. The van der Waals surface area contributed by atoms with Crippen LogP contribution in [0.5, 0.6) is 0 Å². The van der Waals surface area contributed by atoms with Gasteiger partial charge in [-0.05, 0) is 44.4 Å². The molecule has 0 bridgehead atoms. The predicted octanol–water partition coefficient (Wildman–Crippen LogP) is 2.95. The van der Waals surface area contributed by atoms with E-state index in [4.69, 9.17) is 0 Å². The molecule has 1 nitrogen and oxygen atoms in total. The van der Waals surface area contributed by atoms with Crippen molar-refractivity contribution in [2.24, 2.45) is 11.8 Å². The van der Waals surface area contributed by atoms with Gasteiger partial charge in [0.05, 0.1) is 0 Å². The van der Waals surface area contributed by atoms with E-state index in [0.717, 1.165) is 23.9 Å². The van der Waals surface area contributed by atoms with Crippen LogP contribution < -0.4 is 5.32 Å². The van der Waals surface area contributed by atoms with E-state index in [2.05, 4.69) is 19.2 Å². The molecule has 0 amide bonds. The van der Waals surface area contributed by atoms with Crippen molar-refractivity contribution in [2.75, 3.05) is 0 Å². The molecule has 0 aromatic rings. The van der Waals surface area contributed by atoms with Gasteiger partial charge in [-0.3, -0.25) is 0 Å². The highest BCUT2D eigenvalue weighted by atomic mass is 15.0. The molecule has 2 rings (SSSR count). The fourth-order valence-electron chi connectivity index (χ4n) is 2.81. The van der Waals surface area contributed by atoms with Crippen molar-refractivity contribution in [3.8, 4) is 0 Å². The average Bonchev–Trinajstić information content (AvgIpc) is 2.32. The molecule has 2 saturated carbocycles. The second-order valence-corrected chi connectivity index (χ2v) is 5.16. The molecular weight excluding hydrogens is 158 g/mol. The summed E-state index contributed by atoms with van der Waals surface area (Å²) in [5, 5.41) is 3.83. The maximum absolute atomic E-state index is 3.83. The van der Waals surface area contributed by atoms with Gasteiger partial charge in [0.15, 0.2) is 0 Å². The van der Waals surface area contributed by atoms with Crippen LogP contribution >= 0.6 is 0 Å². The van der Waals surface area contributed by atoms with Gasteiger partial charge in [0.25, 0.3) is 0 Å². The molecule has 0 spiro atoms. The SMILES string of the molecule is CC1CCCC1NC(C)C1CCC1.